The molecule has 3 aromatic rings. The van der Waals surface area contributed by atoms with Crippen LogP contribution in [-0.4, -0.2) is 24.5 Å². The number of hydrogen-bond donors (Lipinski definition) is 3. The molecule has 0 aliphatic carbocycles. The maximum absolute atomic E-state index is 14.4. The smallest absolute Gasteiger partial charge is 0.274 e. The van der Waals surface area contributed by atoms with Crippen LogP contribution >= 0.6 is 0 Å². The largest absolute Gasteiger partial charge is 0.288 e. The van der Waals surface area contributed by atoms with Crippen molar-refractivity contribution in [1.29, 1.82) is 0 Å². The standard InChI is InChI=1S/C21H17F4N3O4S/c22-15-5-12(9-26-10-15)1-2-13-3-4-16(8-18(13)23)28-33(31,32)11-17-19(24)6-14(7-20(17)25)21(29)27-30/h3-10,28,30H,1-2,11H2,(H,27,29). The van der Waals surface area contributed by atoms with E-state index in [1.807, 2.05) is 4.72 Å². The predicted octanol–water partition coefficient (Wildman–Crippen LogP) is 3.48. The number of pyridine rings is 1. The number of anilines is 1. The van der Waals surface area contributed by atoms with E-state index in [0.717, 1.165) is 12.3 Å². The van der Waals surface area contributed by atoms with E-state index in [9.17, 15) is 30.8 Å². The highest BCUT2D eigenvalue weighted by Crippen LogP contribution is 2.22. The van der Waals surface area contributed by atoms with E-state index in [1.54, 1.807) is 0 Å². The molecule has 33 heavy (non-hydrogen) atoms. The van der Waals surface area contributed by atoms with Crippen molar-refractivity contribution in [3.63, 3.8) is 0 Å². The summed E-state index contributed by atoms with van der Waals surface area (Å²) in [5, 5.41) is 8.54. The molecule has 7 nitrogen and oxygen atoms in total. The van der Waals surface area contributed by atoms with E-state index < -0.39 is 56.1 Å². The maximum Gasteiger partial charge on any atom is 0.274 e. The minimum absolute atomic E-state index is 0.166. The quantitative estimate of drug-likeness (QED) is 0.258. The van der Waals surface area contributed by atoms with Crippen molar-refractivity contribution in [3.05, 3.63) is 94.3 Å². The monoisotopic (exact) mass is 483 g/mol. The van der Waals surface area contributed by atoms with Crippen LogP contribution in [0.3, 0.4) is 0 Å². The van der Waals surface area contributed by atoms with E-state index in [-0.39, 0.29) is 17.7 Å². The van der Waals surface area contributed by atoms with Crippen LogP contribution in [0, 0.1) is 23.3 Å². The Morgan fingerprint density at radius 3 is 2.24 bits per heavy atom. The van der Waals surface area contributed by atoms with Gasteiger partial charge in [0.25, 0.3) is 5.91 Å². The van der Waals surface area contributed by atoms with Gasteiger partial charge in [-0.25, -0.2) is 31.5 Å². The number of aromatic nitrogens is 1. The first-order chi connectivity index (χ1) is 15.6. The summed E-state index contributed by atoms with van der Waals surface area (Å²) in [5.74, 6) is -6.17. The van der Waals surface area contributed by atoms with E-state index in [1.165, 1.54) is 29.9 Å². The fraction of sp³-hybridized carbons (Fsp3) is 0.143. The molecule has 0 fully saturated rings. The van der Waals surface area contributed by atoms with Crippen molar-refractivity contribution >= 4 is 21.6 Å². The van der Waals surface area contributed by atoms with Crippen molar-refractivity contribution in [1.82, 2.24) is 10.5 Å². The number of nitrogens with zero attached hydrogens (tertiary/aromatic N) is 1. The number of hydrogen-bond acceptors (Lipinski definition) is 5. The lowest BCUT2D eigenvalue weighted by Gasteiger charge is -2.12. The van der Waals surface area contributed by atoms with E-state index in [0.29, 0.717) is 24.1 Å². The van der Waals surface area contributed by atoms with Crippen molar-refractivity contribution < 1.29 is 36.0 Å². The highest BCUT2D eigenvalue weighted by Gasteiger charge is 2.21. The van der Waals surface area contributed by atoms with E-state index in [4.69, 9.17) is 5.21 Å². The van der Waals surface area contributed by atoms with Gasteiger partial charge in [-0.05, 0) is 54.3 Å². The second kappa shape index (κ2) is 9.96. The number of halogens is 4. The van der Waals surface area contributed by atoms with E-state index >= 15 is 0 Å². The lowest BCUT2D eigenvalue weighted by atomic mass is 10.0. The maximum atomic E-state index is 14.4. The van der Waals surface area contributed by atoms with Crippen LogP contribution < -0.4 is 10.2 Å². The Labute approximate surface area is 186 Å². The van der Waals surface area contributed by atoms with E-state index in [2.05, 4.69) is 4.98 Å². The van der Waals surface area contributed by atoms with Gasteiger partial charge >= 0.3 is 0 Å². The molecule has 1 amide bonds. The van der Waals surface area contributed by atoms with Gasteiger partial charge in [0.2, 0.25) is 10.0 Å². The highest BCUT2D eigenvalue weighted by atomic mass is 32.2. The summed E-state index contributed by atoms with van der Waals surface area (Å²) in [6, 6.07) is 5.95. The van der Waals surface area contributed by atoms with Crippen LogP contribution in [-0.2, 0) is 28.6 Å². The van der Waals surface area contributed by atoms with Gasteiger partial charge in [-0.1, -0.05) is 6.07 Å². The number of rotatable bonds is 8. The zero-order valence-corrected chi connectivity index (χ0v) is 17.6. The Morgan fingerprint density at radius 1 is 0.939 bits per heavy atom. The second-order valence-corrected chi connectivity index (χ2v) is 8.76. The lowest BCUT2D eigenvalue weighted by molar-refractivity contribution is 0.0705. The molecular weight excluding hydrogens is 466 g/mol. The molecule has 174 valence electrons. The predicted molar refractivity (Wildman–Crippen MR) is 110 cm³/mol. The summed E-state index contributed by atoms with van der Waals surface area (Å²) < 4.78 is 82.7. The summed E-state index contributed by atoms with van der Waals surface area (Å²) in [6.07, 6.45) is 3.00. The molecule has 2 aromatic carbocycles. The summed E-state index contributed by atoms with van der Waals surface area (Å²) in [6.45, 7) is 0. The Kier molecular flexibility index (Phi) is 7.29. The molecule has 3 N–H and O–H groups in total. The minimum Gasteiger partial charge on any atom is -0.288 e. The molecule has 0 unspecified atom stereocenters. The van der Waals surface area contributed by atoms with Gasteiger partial charge in [0.15, 0.2) is 0 Å². The molecule has 1 heterocycles. The molecule has 0 saturated carbocycles. The fourth-order valence-corrected chi connectivity index (χ4v) is 4.24. The average Bonchev–Trinajstić information content (AvgIpc) is 2.75. The average molecular weight is 483 g/mol. The van der Waals surface area contributed by atoms with Crippen LogP contribution in [0.15, 0.2) is 48.8 Å². The number of carbonyl (C=O) groups is 1. The third kappa shape index (κ3) is 6.26. The van der Waals surface area contributed by atoms with Gasteiger partial charge in [-0.3, -0.25) is 19.7 Å². The molecule has 0 saturated heterocycles. The van der Waals surface area contributed by atoms with Crippen molar-refractivity contribution in [2.75, 3.05) is 4.72 Å². The Balaban J connectivity index is 1.71. The van der Waals surface area contributed by atoms with Crippen LogP contribution in [0.25, 0.3) is 0 Å². The first-order valence-electron chi connectivity index (χ1n) is 9.38. The number of aryl methyl sites for hydroxylation is 2. The number of benzene rings is 2. The van der Waals surface area contributed by atoms with Crippen molar-refractivity contribution in [2.24, 2.45) is 0 Å². The zero-order valence-electron chi connectivity index (χ0n) is 16.8. The molecule has 0 bridgehead atoms. The third-order valence-corrected chi connectivity index (χ3v) is 5.83. The Hall–Kier alpha value is -3.51. The lowest BCUT2D eigenvalue weighted by Crippen LogP contribution is -2.21. The molecular formula is C21H17F4N3O4S. The van der Waals surface area contributed by atoms with Crippen molar-refractivity contribution in [3.8, 4) is 0 Å². The number of hydroxylamine groups is 1. The molecule has 0 aliphatic heterocycles. The molecule has 0 aliphatic rings. The molecule has 12 heteroatoms. The number of amides is 1. The van der Waals surface area contributed by atoms with Crippen LogP contribution in [0.2, 0.25) is 0 Å². The van der Waals surface area contributed by atoms with Gasteiger partial charge in [-0.15, -0.1) is 0 Å². The first-order valence-corrected chi connectivity index (χ1v) is 11.0. The SMILES string of the molecule is O=C(NO)c1cc(F)c(CS(=O)(=O)Nc2ccc(CCc3cncc(F)c3)c(F)c2)c(F)c1. The van der Waals surface area contributed by atoms with Gasteiger partial charge in [0.1, 0.15) is 29.0 Å². The highest BCUT2D eigenvalue weighted by molar-refractivity contribution is 7.91. The molecule has 3 rings (SSSR count). The van der Waals surface area contributed by atoms with Crippen molar-refractivity contribution in [2.45, 2.75) is 18.6 Å². The third-order valence-electron chi connectivity index (χ3n) is 4.61. The summed E-state index contributed by atoms with van der Waals surface area (Å²) in [5.41, 5.74) is 0.467. The summed E-state index contributed by atoms with van der Waals surface area (Å²) in [7, 11) is -4.36. The van der Waals surface area contributed by atoms with Crippen LogP contribution in [0.5, 0.6) is 0 Å². The number of nitrogens with one attached hydrogen (secondary N) is 2. The molecule has 1 aromatic heterocycles. The zero-order chi connectivity index (χ0) is 24.2. The summed E-state index contributed by atoms with van der Waals surface area (Å²) >= 11 is 0. The number of sulfonamides is 1. The summed E-state index contributed by atoms with van der Waals surface area (Å²) in [4.78, 5) is 15.0. The van der Waals surface area contributed by atoms with Gasteiger partial charge in [0.05, 0.1) is 11.9 Å². The molecule has 0 radical (unpaired) electrons. The minimum atomic E-state index is -4.36. The topological polar surface area (TPSA) is 108 Å². The van der Waals surface area contributed by atoms with Gasteiger partial charge in [0, 0.05) is 17.3 Å². The fourth-order valence-electron chi connectivity index (χ4n) is 3.03. The van der Waals surface area contributed by atoms with Crippen LogP contribution in [0.4, 0.5) is 23.2 Å². The molecule has 0 atom stereocenters. The number of carbonyl (C=O) groups excluding carboxylic acids is 1. The van der Waals surface area contributed by atoms with Crippen LogP contribution in [0.1, 0.15) is 27.0 Å². The second-order valence-electron chi connectivity index (χ2n) is 7.04. The Bertz CT molecular complexity index is 1280. The van der Waals surface area contributed by atoms with Gasteiger partial charge < -0.3 is 0 Å². The Morgan fingerprint density at radius 2 is 1.64 bits per heavy atom. The normalized spacial score (nSPS) is 11.3. The first kappa shape index (κ1) is 24.1. The van der Waals surface area contributed by atoms with Gasteiger partial charge in [-0.2, -0.15) is 0 Å². The molecule has 0 spiro atoms.